The summed E-state index contributed by atoms with van der Waals surface area (Å²) in [5.74, 6) is 1.43. The van der Waals surface area contributed by atoms with Gasteiger partial charge in [-0.15, -0.1) is 0 Å². The third-order valence-corrected chi connectivity index (χ3v) is 8.70. The highest BCUT2D eigenvalue weighted by Crippen LogP contribution is 2.62. The summed E-state index contributed by atoms with van der Waals surface area (Å²) >= 11 is 0. The molecule has 176 valence electrons. The fourth-order valence-corrected chi connectivity index (χ4v) is 7.02. The van der Waals surface area contributed by atoms with Crippen LogP contribution in [0.4, 0.5) is 0 Å². The SMILES string of the molecule is CCOC(=O)C1(C(=O)CCc2ccco2)CC2C3Cc4ccc(OC)cc4[C@@]2(C)CC1N3C. The molecule has 1 aromatic carbocycles. The molecule has 3 fully saturated rings. The number of nitrogens with zero attached hydrogens (tertiary/aromatic N) is 1. The van der Waals surface area contributed by atoms with E-state index in [1.165, 1.54) is 11.1 Å². The quantitative estimate of drug-likeness (QED) is 0.469. The minimum absolute atomic E-state index is 0.0221. The first kappa shape index (κ1) is 22.2. The summed E-state index contributed by atoms with van der Waals surface area (Å²) in [7, 11) is 3.78. The lowest BCUT2D eigenvalue weighted by atomic mass is 9.45. The van der Waals surface area contributed by atoms with Crippen molar-refractivity contribution in [3.8, 4) is 5.75 Å². The number of hydrogen-bond donors (Lipinski definition) is 0. The predicted molar refractivity (Wildman–Crippen MR) is 123 cm³/mol. The minimum Gasteiger partial charge on any atom is -0.497 e. The highest BCUT2D eigenvalue weighted by atomic mass is 16.5. The van der Waals surface area contributed by atoms with Crippen LogP contribution in [0.1, 0.15) is 50.0 Å². The third kappa shape index (κ3) is 3.17. The maximum atomic E-state index is 13.8. The molecule has 1 saturated carbocycles. The molecule has 2 aliphatic carbocycles. The molecule has 0 amide bonds. The van der Waals surface area contributed by atoms with Gasteiger partial charge >= 0.3 is 5.97 Å². The summed E-state index contributed by atoms with van der Waals surface area (Å²) in [5, 5.41) is 0. The third-order valence-electron chi connectivity index (χ3n) is 8.70. The Morgan fingerprint density at radius 2 is 2.06 bits per heavy atom. The first-order valence-corrected chi connectivity index (χ1v) is 12.0. The van der Waals surface area contributed by atoms with Gasteiger partial charge in [0.25, 0.3) is 0 Å². The van der Waals surface area contributed by atoms with Crippen LogP contribution in [0, 0.1) is 11.3 Å². The van der Waals surface area contributed by atoms with Crippen molar-refractivity contribution in [2.45, 2.75) is 63.5 Å². The van der Waals surface area contributed by atoms with Gasteiger partial charge in [-0.2, -0.15) is 0 Å². The maximum absolute atomic E-state index is 13.8. The van der Waals surface area contributed by atoms with Gasteiger partial charge in [-0.05, 0) is 80.0 Å². The first-order chi connectivity index (χ1) is 15.8. The number of methoxy groups -OCH3 is 1. The number of fused-ring (bicyclic) bond motifs is 2. The molecular weight excluding hydrogens is 418 g/mol. The zero-order valence-electron chi connectivity index (χ0n) is 19.9. The summed E-state index contributed by atoms with van der Waals surface area (Å²) in [6.45, 7) is 4.39. The number of carbonyl (C=O) groups excluding carboxylic acids is 2. The molecule has 0 N–H and O–H groups in total. The number of ether oxygens (including phenoxy) is 2. The summed E-state index contributed by atoms with van der Waals surface area (Å²) in [6.07, 6.45) is 4.59. The Morgan fingerprint density at radius 1 is 1.24 bits per heavy atom. The molecule has 5 atom stereocenters. The fourth-order valence-electron chi connectivity index (χ4n) is 7.02. The van der Waals surface area contributed by atoms with Gasteiger partial charge in [0, 0.05) is 24.9 Å². The normalized spacial score (nSPS) is 32.3. The van der Waals surface area contributed by atoms with E-state index in [1.807, 2.05) is 25.1 Å². The van der Waals surface area contributed by atoms with E-state index in [0.717, 1.165) is 24.4 Å². The number of benzene rings is 1. The molecule has 1 aromatic heterocycles. The van der Waals surface area contributed by atoms with E-state index in [4.69, 9.17) is 13.9 Å². The molecule has 2 aliphatic heterocycles. The van der Waals surface area contributed by atoms with Gasteiger partial charge < -0.3 is 13.9 Å². The number of Topliss-reactive ketones (excluding diaryl/α,β-unsaturated/α-hetero) is 1. The van der Waals surface area contributed by atoms with Crippen molar-refractivity contribution >= 4 is 11.8 Å². The summed E-state index contributed by atoms with van der Waals surface area (Å²) < 4.78 is 16.6. The van der Waals surface area contributed by atoms with Gasteiger partial charge in [0.15, 0.2) is 5.78 Å². The highest BCUT2D eigenvalue weighted by molar-refractivity contribution is 6.05. The second-order valence-electron chi connectivity index (χ2n) is 10.1. The largest absolute Gasteiger partial charge is 0.497 e. The van der Waals surface area contributed by atoms with Crippen LogP contribution in [0.15, 0.2) is 41.0 Å². The van der Waals surface area contributed by atoms with Gasteiger partial charge in [0.2, 0.25) is 0 Å². The first-order valence-electron chi connectivity index (χ1n) is 12.0. The fraction of sp³-hybridized carbons (Fsp3) is 0.556. The number of esters is 1. The lowest BCUT2D eigenvalue weighted by Crippen LogP contribution is -2.74. The van der Waals surface area contributed by atoms with E-state index in [0.29, 0.717) is 18.9 Å². The molecule has 6 rings (SSSR count). The smallest absolute Gasteiger partial charge is 0.321 e. The van der Waals surface area contributed by atoms with E-state index in [-0.39, 0.29) is 42.2 Å². The van der Waals surface area contributed by atoms with Crippen LogP contribution in [0.2, 0.25) is 0 Å². The molecule has 33 heavy (non-hydrogen) atoms. The monoisotopic (exact) mass is 451 g/mol. The van der Waals surface area contributed by atoms with Gasteiger partial charge in [-0.25, -0.2) is 0 Å². The topological polar surface area (TPSA) is 69.0 Å². The molecule has 3 heterocycles. The molecule has 0 radical (unpaired) electrons. The summed E-state index contributed by atoms with van der Waals surface area (Å²) in [5.41, 5.74) is 1.41. The molecule has 4 bridgehead atoms. The van der Waals surface area contributed by atoms with E-state index in [1.54, 1.807) is 13.4 Å². The Bertz CT molecular complexity index is 1060. The molecule has 4 unspecified atom stereocenters. The number of rotatable bonds is 7. The van der Waals surface area contributed by atoms with Crippen LogP contribution in [0.3, 0.4) is 0 Å². The second-order valence-corrected chi connectivity index (χ2v) is 10.1. The molecular formula is C27H33NO5. The Hall–Kier alpha value is -2.60. The van der Waals surface area contributed by atoms with Crippen molar-refractivity contribution < 1.29 is 23.5 Å². The van der Waals surface area contributed by atoms with Gasteiger partial charge in [0.05, 0.1) is 20.0 Å². The summed E-state index contributed by atoms with van der Waals surface area (Å²) in [4.78, 5) is 29.7. The van der Waals surface area contributed by atoms with Gasteiger partial charge in [0.1, 0.15) is 16.9 Å². The lowest BCUT2D eigenvalue weighted by Gasteiger charge is -2.66. The number of ketones is 1. The average molecular weight is 452 g/mol. The standard InChI is InChI=1S/C27H33NO5/c1-5-32-25(30)27(24(29)11-10-18-7-6-12-33-18)15-21-22-13-17-8-9-19(31-4)14-20(17)26(21,2)16-23(27)28(22)3/h6-9,12,14,21-23H,5,10-11,13,15-16H2,1-4H3/t21?,22?,23?,26-,27?/m1/s1. The van der Waals surface area contributed by atoms with Gasteiger partial charge in [-0.1, -0.05) is 13.0 Å². The van der Waals surface area contributed by atoms with Crippen molar-refractivity contribution in [1.29, 1.82) is 0 Å². The highest BCUT2D eigenvalue weighted by Gasteiger charge is 2.69. The average Bonchev–Trinajstić information content (AvgIpc) is 3.33. The van der Waals surface area contributed by atoms with Crippen molar-refractivity contribution in [2.75, 3.05) is 20.8 Å². The Labute approximate surface area is 195 Å². The predicted octanol–water partition coefficient (Wildman–Crippen LogP) is 3.95. The van der Waals surface area contributed by atoms with Gasteiger partial charge in [-0.3, -0.25) is 14.5 Å². The number of piperidine rings is 2. The van der Waals surface area contributed by atoms with Crippen LogP contribution >= 0.6 is 0 Å². The Morgan fingerprint density at radius 3 is 2.76 bits per heavy atom. The molecule has 2 aromatic rings. The second kappa shape index (κ2) is 8.01. The Kier molecular flexibility index (Phi) is 5.39. The van der Waals surface area contributed by atoms with Crippen molar-refractivity contribution in [3.05, 3.63) is 53.5 Å². The van der Waals surface area contributed by atoms with E-state index < -0.39 is 5.41 Å². The molecule has 6 heteroatoms. The van der Waals surface area contributed by atoms with Crippen LogP contribution in [-0.2, 0) is 32.6 Å². The summed E-state index contributed by atoms with van der Waals surface area (Å²) in [6, 6.07) is 10.2. The number of hydrogen-bond acceptors (Lipinski definition) is 6. The molecule has 2 saturated heterocycles. The number of carbonyl (C=O) groups is 2. The number of likely N-dealkylation sites (N-methyl/N-ethyl adjacent to an activating group) is 1. The zero-order valence-corrected chi connectivity index (χ0v) is 19.9. The van der Waals surface area contributed by atoms with Crippen LogP contribution < -0.4 is 4.74 Å². The zero-order chi connectivity index (χ0) is 23.4. The maximum Gasteiger partial charge on any atom is 0.321 e. The van der Waals surface area contributed by atoms with E-state index >= 15 is 0 Å². The van der Waals surface area contributed by atoms with E-state index in [2.05, 4.69) is 31.0 Å². The minimum atomic E-state index is -1.13. The number of aryl methyl sites for hydroxylation is 1. The molecule has 4 aliphatic rings. The number of furan rings is 1. The van der Waals surface area contributed by atoms with Crippen LogP contribution in [0.25, 0.3) is 0 Å². The van der Waals surface area contributed by atoms with Crippen molar-refractivity contribution in [3.63, 3.8) is 0 Å². The molecule has 6 nitrogen and oxygen atoms in total. The van der Waals surface area contributed by atoms with E-state index in [9.17, 15) is 9.59 Å². The van der Waals surface area contributed by atoms with Crippen LogP contribution in [0.5, 0.6) is 5.75 Å². The van der Waals surface area contributed by atoms with Crippen molar-refractivity contribution in [2.24, 2.45) is 11.3 Å². The Balaban J connectivity index is 1.54. The van der Waals surface area contributed by atoms with Crippen molar-refractivity contribution in [1.82, 2.24) is 4.90 Å². The molecule has 0 spiro atoms. The lowest BCUT2D eigenvalue weighted by molar-refractivity contribution is -0.188. The van der Waals surface area contributed by atoms with Crippen LogP contribution in [-0.4, -0.2) is 49.5 Å².